The summed E-state index contributed by atoms with van der Waals surface area (Å²) in [5.41, 5.74) is 2.64. The lowest BCUT2D eigenvalue weighted by molar-refractivity contribution is -0.144. The molecule has 6 aromatic carbocycles. The van der Waals surface area contributed by atoms with Crippen LogP contribution in [0.4, 0.5) is 0 Å². The zero-order chi connectivity index (χ0) is 99.1. The van der Waals surface area contributed by atoms with Crippen LogP contribution in [0, 0.1) is 24.3 Å². The number of imide groups is 6. The highest BCUT2D eigenvalue weighted by molar-refractivity contribution is 8.00. The molecule has 136 heavy (non-hydrogen) atoms. The summed E-state index contributed by atoms with van der Waals surface area (Å²) < 4.78 is 47.8. The minimum absolute atomic E-state index is 0.0364. The minimum Gasteiger partial charge on any atom is -0.457 e. The molecule has 0 N–H and O–H groups in total. The van der Waals surface area contributed by atoms with Crippen molar-refractivity contribution in [1.29, 1.82) is 0 Å². The number of carbonyl (C=O) groups excluding carboxylic acids is 18. The largest absolute Gasteiger partial charge is 0.457 e. The third-order valence-corrected chi connectivity index (χ3v) is 24.1. The average Bonchev–Trinajstić information content (AvgIpc) is 1.73. The molecule has 0 aromatic heterocycles. The number of rotatable bonds is 35. The fourth-order valence-corrected chi connectivity index (χ4v) is 16.6. The van der Waals surface area contributed by atoms with Crippen LogP contribution in [0.1, 0.15) is 188 Å². The third-order valence-electron chi connectivity index (χ3n) is 22.0. The number of methoxy groups -OCH3 is 1. The second kappa shape index (κ2) is 55.2. The number of nitrogens with zero attached hydrogens (tertiary/aromatic N) is 7. The fraction of sp³-hybridized carbons (Fsp3) is 0.450. The Kier molecular flexibility index (Phi) is 44.0. The van der Waals surface area contributed by atoms with Crippen molar-refractivity contribution >= 4 is 130 Å². The molecule has 0 spiro atoms. The summed E-state index contributed by atoms with van der Waals surface area (Å²) in [6.45, 7) is 22.1. The SMILES string of the molecule is CC(CN1C(=O)CC(C)C1=O)OC(=O)c1ccccc1.CC(CN1C(=O)CC(COC2CCCCC2)C1=O)OC(=O)c1ccccc1.CCOCC1CC(=O)N(CC(C)OC(=O)c2ccccc2)C1=O.COC1CC(=O)N(CC(C)OC(=O)c2ccccc2)C1=O.CSC1CC(=O)N(CC(C)OC(=O)c2ccccc2)C1=O.[C-]#[N+]CCSC1CC(=O)N(CC(C)OC(=O)c2ccccc2)C1=O. The van der Waals surface area contributed by atoms with E-state index >= 15 is 0 Å². The van der Waals surface area contributed by atoms with Crippen LogP contribution < -0.4 is 0 Å². The van der Waals surface area contributed by atoms with Gasteiger partial charge in [-0.05, 0) is 140 Å². The first-order valence-corrected chi connectivity index (χ1v) is 47.3. The van der Waals surface area contributed by atoms with Gasteiger partial charge in [0.25, 0.3) is 5.91 Å². The molecule has 34 nitrogen and oxygen atoms in total. The van der Waals surface area contributed by atoms with Crippen molar-refractivity contribution in [2.45, 2.75) is 185 Å². The Morgan fingerprint density at radius 3 is 0.934 bits per heavy atom. The molecule has 1 aliphatic carbocycles. The molecule has 726 valence electrons. The standard InChI is InChI=1S/C21H27NO5.C17H18N2O4S.C17H21NO5.C15H17NO5.C15H17NO4S.C15H17NO4/c1-15(27-21(25)16-8-4-2-5-9-16)13-22-19(23)12-17(20(22)24)14-26-18-10-6-3-7-11-18;1-12(23-17(22)13-6-4-3-5-7-13)11-19-15(20)10-14(16(19)21)24-9-8-18-2;1-3-22-11-14-9-15(19)18(16(14)20)10-12(2)23-17(21)13-7-5-4-6-8-13;1-10(21-15(19)11-6-4-3-5-7-11)9-16-13(17)8-12(20-2)14(16)18;1-10(20-15(19)11-6-4-3-5-7-11)9-16-13(17)8-12(21-2)14(16)18;1-10-8-13(17)16(14(10)18)9-11(2)20-15(19)12-6-4-3-5-7-12/h2,4-5,8-9,15,17-18H,3,6-7,10-14H2,1H3;3-7,12,14H,8-11H2,1H3;4-8,12,14H,3,9-11H2,1-2H3;2*3-7,10,12H,8-9H2,1-2H3;3-7,10-11H,8-9H2,1-2H3. The van der Waals surface area contributed by atoms with Gasteiger partial charge >= 0.3 is 35.8 Å². The lowest BCUT2D eigenvalue weighted by Crippen LogP contribution is -2.39. The van der Waals surface area contributed by atoms with Gasteiger partial charge in [-0.3, -0.25) is 86.9 Å². The lowest BCUT2D eigenvalue weighted by Gasteiger charge is -2.23. The number of ether oxygens (including phenoxy) is 9. The first kappa shape index (κ1) is 108. The molecule has 7 aliphatic rings. The minimum atomic E-state index is -0.727. The topological polar surface area (TPSA) is 414 Å². The highest BCUT2D eigenvalue weighted by Crippen LogP contribution is 2.30. The quantitative estimate of drug-likeness (QED) is 0.0117. The van der Waals surface area contributed by atoms with Gasteiger partial charge in [0.05, 0.1) is 126 Å². The number of hydrogen-bond donors (Lipinski definition) is 0. The molecular weight excluding hydrogens is 1800 g/mol. The highest BCUT2D eigenvalue weighted by atomic mass is 32.2. The van der Waals surface area contributed by atoms with E-state index in [9.17, 15) is 86.3 Å². The summed E-state index contributed by atoms with van der Waals surface area (Å²) in [6.07, 6.45) is 4.52. The highest BCUT2D eigenvalue weighted by Gasteiger charge is 2.45. The number of esters is 6. The molecule has 12 amide bonds. The van der Waals surface area contributed by atoms with Gasteiger partial charge in [-0.15, -0.1) is 11.8 Å². The van der Waals surface area contributed by atoms with E-state index in [1.807, 2.05) is 25.1 Å². The van der Waals surface area contributed by atoms with E-state index in [0.717, 1.165) is 27.5 Å². The maximum absolute atomic E-state index is 12.6. The maximum atomic E-state index is 12.6. The zero-order valence-corrected chi connectivity index (χ0v) is 79.5. The van der Waals surface area contributed by atoms with E-state index in [2.05, 4.69) is 4.85 Å². The van der Waals surface area contributed by atoms with Crippen LogP contribution >= 0.6 is 23.5 Å². The van der Waals surface area contributed by atoms with Gasteiger partial charge in [-0.25, -0.2) is 35.3 Å². The van der Waals surface area contributed by atoms with Gasteiger partial charge in [0, 0.05) is 51.7 Å². The van der Waals surface area contributed by atoms with Crippen LogP contribution in [0.3, 0.4) is 0 Å². The summed E-state index contributed by atoms with van der Waals surface area (Å²) in [4.78, 5) is 226. The van der Waals surface area contributed by atoms with E-state index in [1.165, 1.54) is 64.6 Å². The molecule has 6 aromatic rings. The van der Waals surface area contributed by atoms with Crippen molar-refractivity contribution in [2.75, 3.05) is 84.8 Å². The first-order valence-electron chi connectivity index (χ1n) is 44.9. The van der Waals surface area contributed by atoms with Crippen LogP contribution in [0.5, 0.6) is 0 Å². The molecule has 0 radical (unpaired) electrons. The molecule has 6 aliphatic heterocycles. The average molecular weight is 1910 g/mol. The van der Waals surface area contributed by atoms with Crippen molar-refractivity contribution in [3.63, 3.8) is 0 Å². The number of hydrogen-bond acceptors (Lipinski definition) is 29. The monoisotopic (exact) mass is 1910 g/mol. The van der Waals surface area contributed by atoms with Crippen LogP contribution in [0.25, 0.3) is 4.85 Å². The predicted molar refractivity (Wildman–Crippen MR) is 497 cm³/mol. The molecule has 1 saturated carbocycles. The Labute approximate surface area is 798 Å². The second-order valence-electron chi connectivity index (χ2n) is 33.0. The number of benzene rings is 6. The number of carbonyl (C=O) groups is 18. The van der Waals surface area contributed by atoms with E-state index in [1.54, 1.807) is 219 Å². The number of likely N-dealkylation sites (tertiary alicyclic amines) is 6. The summed E-state index contributed by atoms with van der Waals surface area (Å²) in [7, 11) is 1.39. The van der Waals surface area contributed by atoms with Crippen LogP contribution in [-0.4, -0.2) is 280 Å². The molecule has 12 unspecified atom stereocenters. The Morgan fingerprint density at radius 1 is 0.368 bits per heavy atom. The maximum Gasteiger partial charge on any atom is 0.338 e. The summed E-state index contributed by atoms with van der Waals surface area (Å²) in [5, 5.41) is -0.745. The normalized spacial score (nSPS) is 19.9. The van der Waals surface area contributed by atoms with Crippen LogP contribution in [0.2, 0.25) is 0 Å². The number of amides is 12. The smallest absolute Gasteiger partial charge is 0.338 e. The number of thioether (sulfide) groups is 2. The molecule has 6 heterocycles. The summed E-state index contributed by atoms with van der Waals surface area (Å²) in [5.74, 6) is -6.38. The Balaban J connectivity index is 0.000000201. The lowest BCUT2D eigenvalue weighted by atomic mass is 9.97. The first-order chi connectivity index (χ1) is 65.1. The van der Waals surface area contributed by atoms with Gasteiger partial charge in [0.15, 0.2) is 0 Å². The Bertz CT molecular complexity index is 5050. The molecular formula is C100H117N7O27S2. The van der Waals surface area contributed by atoms with Crippen LogP contribution in [0.15, 0.2) is 182 Å². The Morgan fingerprint density at radius 2 is 0.647 bits per heavy atom. The predicted octanol–water partition coefficient (Wildman–Crippen LogP) is 11.0. The van der Waals surface area contributed by atoms with E-state index in [-0.39, 0.29) is 173 Å². The van der Waals surface area contributed by atoms with Crippen molar-refractivity contribution < 1.29 is 129 Å². The second-order valence-corrected chi connectivity index (χ2v) is 35.4. The molecule has 7 fully saturated rings. The van der Waals surface area contributed by atoms with E-state index in [4.69, 9.17) is 49.2 Å². The summed E-state index contributed by atoms with van der Waals surface area (Å²) >= 11 is 2.69. The fourth-order valence-electron chi connectivity index (χ4n) is 14.9. The van der Waals surface area contributed by atoms with Crippen molar-refractivity contribution in [2.24, 2.45) is 17.8 Å². The van der Waals surface area contributed by atoms with Gasteiger partial charge in [-0.1, -0.05) is 135 Å². The molecule has 12 atom stereocenters. The summed E-state index contributed by atoms with van der Waals surface area (Å²) in [6, 6.07) is 51.6. The van der Waals surface area contributed by atoms with Crippen molar-refractivity contribution in [3.8, 4) is 0 Å². The third kappa shape index (κ3) is 33.3. The molecule has 0 bridgehead atoms. The van der Waals surface area contributed by atoms with Crippen LogP contribution in [-0.2, 0) is 100 Å². The zero-order valence-electron chi connectivity index (χ0n) is 77.9. The van der Waals surface area contributed by atoms with E-state index < -0.39 is 95.6 Å². The Hall–Kier alpha value is -13.0. The van der Waals surface area contributed by atoms with Gasteiger partial charge < -0.3 is 47.5 Å². The van der Waals surface area contributed by atoms with Crippen molar-refractivity contribution in [1.82, 2.24) is 29.4 Å². The van der Waals surface area contributed by atoms with Gasteiger partial charge in [0.1, 0.15) is 42.7 Å². The van der Waals surface area contributed by atoms with Gasteiger partial charge in [-0.2, -0.15) is 11.8 Å². The van der Waals surface area contributed by atoms with Crippen molar-refractivity contribution in [3.05, 3.63) is 227 Å². The molecule has 13 rings (SSSR count). The molecule has 36 heteroatoms. The van der Waals surface area contributed by atoms with E-state index in [0.29, 0.717) is 58.9 Å². The molecule has 6 saturated heterocycles. The van der Waals surface area contributed by atoms with Gasteiger partial charge in [0.2, 0.25) is 71.5 Å².